The standard InChI is InChI=1S/C15H23N3O/c1-3-8-17-15(19)11(2)18-9-4-5-12-6-7-13(16)10-14(12)18/h6-7,10-11H,3-5,8-9,16H2,1-2H3,(H,17,19). The average Bonchev–Trinajstić information content (AvgIpc) is 2.43. The monoisotopic (exact) mass is 261 g/mol. The Kier molecular flexibility index (Phi) is 4.30. The van der Waals surface area contributed by atoms with Crippen LogP contribution in [0.5, 0.6) is 0 Å². The molecular weight excluding hydrogens is 238 g/mol. The normalized spacial score (nSPS) is 15.8. The second-order valence-electron chi connectivity index (χ2n) is 5.15. The molecule has 0 radical (unpaired) electrons. The van der Waals surface area contributed by atoms with Gasteiger partial charge < -0.3 is 16.0 Å². The summed E-state index contributed by atoms with van der Waals surface area (Å²) in [7, 11) is 0. The van der Waals surface area contributed by atoms with E-state index in [0.29, 0.717) is 0 Å². The van der Waals surface area contributed by atoms with Crippen LogP contribution in [-0.2, 0) is 11.2 Å². The molecule has 1 aromatic rings. The fraction of sp³-hybridized carbons (Fsp3) is 0.533. The number of nitrogens with zero attached hydrogens (tertiary/aromatic N) is 1. The first kappa shape index (κ1) is 13.7. The van der Waals surface area contributed by atoms with Gasteiger partial charge in [-0.2, -0.15) is 0 Å². The van der Waals surface area contributed by atoms with Crippen LogP contribution in [0.2, 0.25) is 0 Å². The van der Waals surface area contributed by atoms with Crippen molar-refractivity contribution >= 4 is 17.3 Å². The molecule has 0 fully saturated rings. The van der Waals surface area contributed by atoms with Crippen molar-refractivity contribution in [3.8, 4) is 0 Å². The van der Waals surface area contributed by atoms with Crippen molar-refractivity contribution in [2.45, 2.75) is 39.2 Å². The van der Waals surface area contributed by atoms with Gasteiger partial charge in [0, 0.05) is 24.5 Å². The van der Waals surface area contributed by atoms with Crippen LogP contribution in [0.3, 0.4) is 0 Å². The molecule has 0 aromatic heterocycles. The van der Waals surface area contributed by atoms with Gasteiger partial charge in [0.15, 0.2) is 0 Å². The van der Waals surface area contributed by atoms with Crippen molar-refractivity contribution in [2.24, 2.45) is 0 Å². The average molecular weight is 261 g/mol. The van der Waals surface area contributed by atoms with Crippen molar-refractivity contribution in [3.05, 3.63) is 23.8 Å². The van der Waals surface area contributed by atoms with Gasteiger partial charge in [0.05, 0.1) is 0 Å². The molecule has 0 bridgehead atoms. The number of hydrogen-bond donors (Lipinski definition) is 2. The molecule has 1 amide bonds. The number of hydrogen-bond acceptors (Lipinski definition) is 3. The van der Waals surface area contributed by atoms with Crippen LogP contribution in [0.15, 0.2) is 18.2 Å². The summed E-state index contributed by atoms with van der Waals surface area (Å²) in [4.78, 5) is 14.3. The second-order valence-corrected chi connectivity index (χ2v) is 5.15. The predicted octanol–water partition coefficient (Wildman–Crippen LogP) is 1.94. The zero-order valence-electron chi connectivity index (χ0n) is 11.8. The molecule has 1 aliphatic heterocycles. The molecule has 104 valence electrons. The van der Waals surface area contributed by atoms with Gasteiger partial charge in [-0.3, -0.25) is 4.79 Å². The molecule has 1 aliphatic rings. The molecule has 0 saturated heterocycles. The number of rotatable bonds is 4. The Bertz CT molecular complexity index is 459. The molecule has 3 N–H and O–H groups in total. The number of amides is 1. The van der Waals surface area contributed by atoms with Crippen LogP contribution in [0.1, 0.15) is 32.3 Å². The summed E-state index contributed by atoms with van der Waals surface area (Å²) < 4.78 is 0. The molecule has 0 saturated carbocycles. The first-order valence-electron chi connectivity index (χ1n) is 7.06. The summed E-state index contributed by atoms with van der Waals surface area (Å²) in [6.07, 6.45) is 3.11. The lowest BCUT2D eigenvalue weighted by atomic mass is 9.99. The molecule has 0 spiro atoms. The highest BCUT2D eigenvalue weighted by atomic mass is 16.2. The van der Waals surface area contributed by atoms with Crippen LogP contribution in [0.25, 0.3) is 0 Å². The number of nitrogens with two attached hydrogens (primary N) is 1. The van der Waals surface area contributed by atoms with Crippen molar-refractivity contribution in [2.75, 3.05) is 23.7 Å². The minimum absolute atomic E-state index is 0.0946. The Morgan fingerprint density at radius 1 is 1.53 bits per heavy atom. The molecule has 2 rings (SSSR count). The molecule has 19 heavy (non-hydrogen) atoms. The quantitative estimate of drug-likeness (QED) is 0.814. The van der Waals surface area contributed by atoms with Gasteiger partial charge >= 0.3 is 0 Å². The van der Waals surface area contributed by atoms with Gasteiger partial charge in [-0.1, -0.05) is 13.0 Å². The maximum atomic E-state index is 12.1. The Labute approximate surface area is 115 Å². The third-order valence-electron chi connectivity index (χ3n) is 3.66. The third kappa shape index (κ3) is 3.00. The Morgan fingerprint density at radius 2 is 2.32 bits per heavy atom. The Morgan fingerprint density at radius 3 is 3.05 bits per heavy atom. The van der Waals surface area contributed by atoms with Gasteiger partial charge in [-0.05, 0) is 43.9 Å². The zero-order valence-corrected chi connectivity index (χ0v) is 11.8. The van der Waals surface area contributed by atoms with Gasteiger partial charge in [0.2, 0.25) is 5.91 Å². The molecule has 1 unspecified atom stereocenters. The van der Waals surface area contributed by atoms with Gasteiger partial charge in [-0.25, -0.2) is 0 Å². The van der Waals surface area contributed by atoms with Crippen LogP contribution in [-0.4, -0.2) is 25.0 Å². The van der Waals surface area contributed by atoms with Crippen LogP contribution in [0, 0.1) is 0 Å². The van der Waals surface area contributed by atoms with E-state index in [1.165, 1.54) is 5.56 Å². The molecule has 4 heteroatoms. The second kappa shape index (κ2) is 5.95. The third-order valence-corrected chi connectivity index (χ3v) is 3.66. The Hall–Kier alpha value is -1.71. The lowest BCUT2D eigenvalue weighted by Gasteiger charge is -2.35. The molecule has 1 heterocycles. The topological polar surface area (TPSA) is 58.4 Å². The summed E-state index contributed by atoms with van der Waals surface area (Å²) in [6, 6.07) is 5.85. The zero-order chi connectivity index (χ0) is 13.8. The van der Waals surface area contributed by atoms with Crippen LogP contribution >= 0.6 is 0 Å². The summed E-state index contributed by atoms with van der Waals surface area (Å²) in [6.45, 7) is 5.67. The molecule has 4 nitrogen and oxygen atoms in total. The van der Waals surface area contributed by atoms with Gasteiger partial charge in [-0.15, -0.1) is 0 Å². The smallest absolute Gasteiger partial charge is 0.242 e. The minimum atomic E-state index is -0.146. The number of nitrogens with one attached hydrogen (secondary N) is 1. The van der Waals surface area contributed by atoms with E-state index in [0.717, 1.165) is 43.7 Å². The van der Waals surface area contributed by atoms with Crippen molar-refractivity contribution < 1.29 is 4.79 Å². The maximum absolute atomic E-state index is 12.1. The van der Waals surface area contributed by atoms with E-state index in [4.69, 9.17) is 5.73 Å². The highest BCUT2D eigenvalue weighted by Gasteiger charge is 2.25. The van der Waals surface area contributed by atoms with Crippen LogP contribution in [0.4, 0.5) is 11.4 Å². The lowest BCUT2D eigenvalue weighted by Crippen LogP contribution is -2.47. The highest BCUT2D eigenvalue weighted by molar-refractivity contribution is 5.85. The van der Waals surface area contributed by atoms with Crippen molar-refractivity contribution in [1.29, 1.82) is 0 Å². The Balaban J connectivity index is 2.18. The maximum Gasteiger partial charge on any atom is 0.242 e. The van der Waals surface area contributed by atoms with E-state index < -0.39 is 0 Å². The van der Waals surface area contributed by atoms with E-state index in [2.05, 4.69) is 23.2 Å². The first-order chi connectivity index (χ1) is 9.13. The number of carbonyl (C=O) groups is 1. The van der Waals surface area contributed by atoms with Crippen molar-refractivity contribution in [3.63, 3.8) is 0 Å². The van der Waals surface area contributed by atoms with Crippen LogP contribution < -0.4 is 16.0 Å². The summed E-state index contributed by atoms with van der Waals surface area (Å²) in [5, 5.41) is 2.96. The summed E-state index contributed by atoms with van der Waals surface area (Å²) >= 11 is 0. The highest BCUT2D eigenvalue weighted by Crippen LogP contribution is 2.30. The molecule has 1 atom stereocenters. The van der Waals surface area contributed by atoms with E-state index >= 15 is 0 Å². The predicted molar refractivity (Wildman–Crippen MR) is 79.3 cm³/mol. The summed E-state index contributed by atoms with van der Waals surface area (Å²) in [5.41, 5.74) is 9.03. The number of benzene rings is 1. The fourth-order valence-electron chi connectivity index (χ4n) is 2.56. The van der Waals surface area contributed by atoms with E-state index in [1.807, 2.05) is 19.1 Å². The van der Waals surface area contributed by atoms with E-state index in [9.17, 15) is 4.79 Å². The summed E-state index contributed by atoms with van der Waals surface area (Å²) in [5.74, 6) is 0.0946. The molecular formula is C15H23N3O. The number of anilines is 2. The number of nitrogen functional groups attached to an aromatic ring is 1. The lowest BCUT2D eigenvalue weighted by molar-refractivity contribution is -0.122. The SMILES string of the molecule is CCCNC(=O)C(C)N1CCCc2ccc(N)cc21. The van der Waals surface area contributed by atoms with Crippen molar-refractivity contribution in [1.82, 2.24) is 5.32 Å². The fourth-order valence-corrected chi connectivity index (χ4v) is 2.56. The van der Waals surface area contributed by atoms with E-state index in [1.54, 1.807) is 0 Å². The first-order valence-corrected chi connectivity index (χ1v) is 7.06. The van der Waals surface area contributed by atoms with E-state index in [-0.39, 0.29) is 11.9 Å². The molecule has 0 aliphatic carbocycles. The largest absolute Gasteiger partial charge is 0.399 e. The minimum Gasteiger partial charge on any atom is -0.399 e. The number of carbonyl (C=O) groups excluding carboxylic acids is 1. The number of aryl methyl sites for hydroxylation is 1. The number of fused-ring (bicyclic) bond motifs is 1. The molecule has 1 aromatic carbocycles. The van der Waals surface area contributed by atoms with Gasteiger partial charge in [0.1, 0.15) is 6.04 Å². The van der Waals surface area contributed by atoms with Gasteiger partial charge in [0.25, 0.3) is 0 Å².